The van der Waals surface area contributed by atoms with Crippen LogP contribution in [0.3, 0.4) is 0 Å². The Morgan fingerprint density at radius 2 is 2.00 bits per heavy atom. The summed E-state index contributed by atoms with van der Waals surface area (Å²) in [7, 11) is 2.83. The number of nitrogen functional groups attached to an aromatic ring is 1. The average molecular weight is 341 g/mol. The van der Waals surface area contributed by atoms with Crippen LogP contribution in [0.1, 0.15) is 10.4 Å². The van der Waals surface area contributed by atoms with Crippen molar-refractivity contribution in [1.82, 2.24) is 0 Å². The van der Waals surface area contributed by atoms with Crippen LogP contribution in [-0.2, 0) is 4.74 Å². The molecule has 0 heterocycles. The van der Waals surface area contributed by atoms with E-state index in [4.69, 9.17) is 10.5 Å². The van der Waals surface area contributed by atoms with Crippen molar-refractivity contribution in [3.63, 3.8) is 0 Å². The van der Waals surface area contributed by atoms with Gasteiger partial charge in [0.15, 0.2) is 0 Å². The van der Waals surface area contributed by atoms with E-state index in [0.29, 0.717) is 21.5 Å². The topological polar surface area (TPSA) is 61.5 Å². The third kappa shape index (κ3) is 3.10. The van der Waals surface area contributed by atoms with Gasteiger partial charge >= 0.3 is 5.97 Å². The summed E-state index contributed by atoms with van der Waals surface area (Å²) in [6.07, 6.45) is 0. The molecule has 0 amide bonds. The third-order valence-corrected chi connectivity index (χ3v) is 2.35. The lowest BCUT2D eigenvalue weighted by Gasteiger charge is -2.08. The molecule has 6 heteroatoms. The zero-order valence-electron chi connectivity index (χ0n) is 8.24. The van der Waals surface area contributed by atoms with E-state index >= 15 is 0 Å². The minimum absolute atomic E-state index is 0. The number of hydrogen-bond donors (Lipinski definition) is 1. The molecule has 15 heavy (non-hydrogen) atoms. The average Bonchev–Trinajstić information content (AvgIpc) is 2.19. The van der Waals surface area contributed by atoms with Gasteiger partial charge in [0.2, 0.25) is 0 Å². The van der Waals surface area contributed by atoms with Crippen LogP contribution < -0.4 is 10.5 Å². The second-order valence-corrected chi connectivity index (χ2v) is 3.42. The molecule has 0 bridgehead atoms. The zero-order chi connectivity index (χ0) is 10.7. The normalized spacial score (nSPS) is 9.00. The molecule has 0 spiro atoms. The first-order valence-electron chi connectivity index (χ1n) is 3.81. The second kappa shape index (κ2) is 5.97. The van der Waals surface area contributed by atoms with E-state index in [9.17, 15) is 4.79 Å². The van der Waals surface area contributed by atoms with Crippen molar-refractivity contribution in [3.05, 3.63) is 22.2 Å². The Morgan fingerprint density at radius 1 is 1.40 bits per heavy atom. The number of halogens is 2. The maximum Gasteiger partial charge on any atom is 0.339 e. The van der Waals surface area contributed by atoms with Crippen LogP contribution >= 0.6 is 32.9 Å². The predicted molar refractivity (Wildman–Crippen MR) is 66.8 cm³/mol. The molecule has 0 aliphatic heterocycles. The number of ether oxygens (including phenoxy) is 2. The quantitative estimate of drug-likeness (QED) is 0.663. The molecule has 4 nitrogen and oxygen atoms in total. The van der Waals surface area contributed by atoms with Crippen molar-refractivity contribution in [2.75, 3.05) is 20.0 Å². The summed E-state index contributed by atoms with van der Waals surface area (Å²) in [5.41, 5.74) is 6.29. The largest absolute Gasteiger partial charge is 0.495 e. The Hall–Kier alpha value is -0.750. The highest BCUT2D eigenvalue weighted by Gasteiger charge is 2.13. The number of esters is 1. The summed E-state index contributed by atoms with van der Waals surface area (Å²) >= 11 is 3.25. The number of nitrogens with two attached hydrogens (primary N) is 1. The van der Waals surface area contributed by atoms with E-state index in [-0.39, 0.29) is 17.0 Å². The summed E-state index contributed by atoms with van der Waals surface area (Å²) < 4.78 is 10.2. The minimum atomic E-state index is -0.467. The lowest BCUT2D eigenvalue weighted by molar-refractivity contribution is 0.0602. The molecule has 0 atom stereocenters. The zero-order valence-corrected chi connectivity index (χ0v) is 11.5. The molecule has 0 aliphatic carbocycles. The summed E-state index contributed by atoms with van der Waals surface area (Å²) in [4.78, 5) is 11.2. The summed E-state index contributed by atoms with van der Waals surface area (Å²) in [6, 6.07) is 3.14. The van der Waals surface area contributed by atoms with Crippen LogP contribution in [0.5, 0.6) is 5.75 Å². The Labute approximate surface area is 107 Å². The first kappa shape index (κ1) is 14.2. The Kier molecular flexibility index (Phi) is 5.67. The number of rotatable bonds is 2. The smallest absolute Gasteiger partial charge is 0.339 e. The molecular formula is C9H11Br2NO3. The van der Waals surface area contributed by atoms with E-state index in [1.54, 1.807) is 12.1 Å². The molecule has 0 saturated heterocycles. The molecule has 0 radical (unpaired) electrons. The van der Waals surface area contributed by atoms with Gasteiger partial charge in [-0.05, 0) is 22.0 Å². The number of anilines is 1. The highest BCUT2D eigenvalue weighted by molar-refractivity contribution is 9.10. The molecule has 2 N–H and O–H groups in total. The molecule has 0 saturated carbocycles. The Bertz CT molecular complexity index is 369. The van der Waals surface area contributed by atoms with Crippen LogP contribution in [0.2, 0.25) is 0 Å². The molecule has 0 aliphatic rings. The maximum atomic E-state index is 11.2. The van der Waals surface area contributed by atoms with E-state index in [0.717, 1.165) is 0 Å². The summed E-state index contributed by atoms with van der Waals surface area (Å²) in [5, 5.41) is 0. The van der Waals surface area contributed by atoms with Crippen LogP contribution in [0.25, 0.3) is 0 Å². The number of carbonyl (C=O) groups excluding carboxylic acids is 1. The summed E-state index contributed by atoms with van der Waals surface area (Å²) in [6.45, 7) is 0. The second-order valence-electron chi connectivity index (χ2n) is 2.57. The monoisotopic (exact) mass is 339 g/mol. The highest BCUT2D eigenvalue weighted by Crippen LogP contribution is 2.30. The third-order valence-electron chi connectivity index (χ3n) is 1.73. The first-order valence-corrected chi connectivity index (χ1v) is 4.60. The standard InChI is InChI=1S/C9H10BrNO3.BrH/c1-13-8-4-7(11)5(3-6(8)10)9(12)14-2;/h3-4H,11H2,1-2H3;1H. The van der Waals surface area contributed by atoms with Gasteiger partial charge in [0.1, 0.15) is 5.75 Å². The van der Waals surface area contributed by atoms with Gasteiger partial charge in [0, 0.05) is 11.8 Å². The molecular weight excluding hydrogens is 330 g/mol. The van der Waals surface area contributed by atoms with Gasteiger partial charge in [-0.1, -0.05) is 0 Å². The lowest BCUT2D eigenvalue weighted by Crippen LogP contribution is -2.06. The number of hydrogen-bond acceptors (Lipinski definition) is 4. The molecule has 1 rings (SSSR count). The molecule has 0 fully saturated rings. The highest BCUT2D eigenvalue weighted by atomic mass is 79.9. The SMILES string of the molecule is Br.COC(=O)c1cc(Br)c(OC)cc1N. The Balaban J connectivity index is 0.00000196. The molecule has 0 aromatic heterocycles. The van der Waals surface area contributed by atoms with Crippen molar-refractivity contribution < 1.29 is 14.3 Å². The van der Waals surface area contributed by atoms with Crippen LogP contribution in [-0.4, -0.2) is 20.2 Å². The fourth-order valence-electron chi connectivity index (χ4n) is 1.01. The summed E-state index contributed by atoms with van der Waals surface area (Å²) in [5.74, 6) is 0.112. The van der Waals surface area contributed by atoms with Gasteiger partial charge in [0.05, 0.1) is 24.3 Å². The molecule has 84 valence electrons. The van der Waals surface area contributed by atoms with Crippen molar-refractivity contribution >= 4 is 44.6 Å². The van der Waals surface area contributed by atoms with E-state index in [2.05, 4.69) is 20.7 Å². The lowest BCUT2D eigenvalue weighted by atomic mass is 10.2. The first-order chi connectivity index (χ1) is 6.60. The fraction of sp³-hybridized carbons (Fsp3) is 0.222. The van der Waals surface area contributed by atoms with Crippen LogP contribution in [0.4, 0.5) is 5.69 Å². The van der Waals surface area contributed by atoms with Gasteiger partial charge in [-0.25, -0.2) is 4.79 Å². The number of benzene rings is 1. The van der Waals surface area contributed by atoms with E-state index < -0.39 is 5.97 Å². The van der Waals surface area contributed by atoms with Gasteiger partial charge in [-0.3, -0.25) is 0 Å². The van der Waals surface area contributed by atoms with Crippen molar-refractivity contribution in [1.29, 1.82) is 0 Å². The van der Waals surface area contributed by atoms with Crippen molar-refractivity contribution in [2.45, 2.75) is 0 Å². The van der Waals surface area contributed by atoms with Gasteiger partial charge in [-0.15, -0.1) is 17.0 Å². The van der Waals surface area contributed by atoms with E-state index in [1.165, 1.54) is 14.2 Å². The molecule has 1 aromatic carbocycles. The Morgan fingerprint density at radius 3 is 2.47 bits per heavy atom. The predicted octanol–water partition coefficient (Wildman–Crippen LogP) is 2.40. The van der Waals surface area contributed by atoms with E-state index in [1.807, 2.05) is 0 Å². The molecule has 1 aromatic rings. The van der Waals surface area contributed by atoms with Gasteiger partial charge in [-0.2, -0.15) is 0 Å². The molecule has 0 unspecified atom stereocenters. The minimum Gasteiger partial charge on any atom is -0.495 e. The fourth-order valence-corrected chi connectivity index (χ4v) is 1.52. The van der Waals surface area contributed by atoms with Crippen molar-refractivity contribution in [2.24, 2.45) is 0 Å². The number of methoxy groups -OCH3 is 2. The van der Waals surface area contributed by atoms with Crippen molar-refractivity contribution in [3.8, 4) is 5.75 Å². The van der Waals surface area contributed by atoms with Crippen LogP contribution in [0, 0.1) is 0 Å². The maximum absolute atomic E-state index is 11.2. The van der Waals surface area contributed by atoms with Crippen LogP contribution in [0.15, 0.2) is 16.6 Å². The van der Waals surface area contributed by atoms with Gasteiger partial charge < -0.3 is 15.2 Å². The van der Waals surface area contributed by atoms with Gasteiger partial charge in [0.25, 0.3) is 0 Å². The number of carbonyl (C=O) groups is 1.